The van der Waals surface area contributed by atoms with Gasteiger partial charge in [0.25, 0.3) is 0 Å². The van der Waals surface area contributed by atoms with Gasteiger partial charge in [0.05, 0.1) is 5.01 Å². The molecule has 2 rings (SSSR count). The number of thiazole rings is 1. The summed E-state index contributed by atoms with van der Waals surface area (Å²) in [7, 11) is 0. The summed E-state index contributed by atoms with van der Waals surface area (Å²) in [4.78, 5) is 8.24. The quantitative estimate of drug-likeness (QED) is 0.896. The highest BCUT2D eigenvalue weighted by atomic mass is 32.1. The Morgan fingerprint density at radius 2 is 2.41 bits per heavy atom. The van der Waals surface area contributed by atoms with E-state index in [1.54, 1.807) is 11.3 Å². The van der Waals surface area contributed by atoms with Crippen LogP contribution >= 0.6 is 11.3 Å². The zero-order valence-corrected chi connectivity index (χ0v) is 11.7. The Morgan fingerprint density at radius 1 is 1.59 bits per heavy atom. The van der Waals surface area contributed by atoms with Crippen molar-refractivity contribution in [2.75, 3.05) is 13.1 Å². The molecule has 1 saturated heterocycles. The van der Waals surface area contributed by atoms with Crippen molar-refractivity contribution in [2.45, 2.75) is 45.7 Å². The van der Waals surface area contributed by atoms with Gasteiger partial charge in [0, 0.05) is 30.2 Å². The fraction of sp³-hybridized carbons (Fsp3) is 0.769. The fourth-order valence-electron chi connectivity index (χ4n) is 2.69. The van der Waals surface area contributed by atoms with Crippen molar-refractivity contribution in [2.24, 2.45) is 11.7 Å². The maximum Gasteiger partial charge on any atom is 0.0897 e. The maximum absolute atomic E-state index is 5.92. The van der Waals surface area contributed by atoms with Gasteiger partial charge >= 0.3 is 0 Å². The van der Waals surface area contributed by atoms with E-state index in [-0.39, 0.29) is 0 Å². The van der Waals surface area contributed by atoms with E-state index < -0.39 is 0 Å². The number of aromatic nitrogens is 1. The number of nitrogens with two attached hydrogens (primary N) is 1. The summed E-state index contributed by atoms with van der Waals surface area (Å²) < 4.78 is 0. The van der Waals surface area contributed by atoms with E-state index in [2.05, 4.69) is 23.7 Å². The smallest absolute Gasteiger partial charge is 0.0897 e. The lowest BCUT2D eigenvalue weighted by Gasteiger charge is -2.38. The van der Waals surface area contributed by atoms with Gasteiger partial charge in [-0.2, -0.15) is 0 Å². The van der Waals surface area contributed by atoms with Gasteiger partial charge < -0.3 is 5.73 Å². The van der Waals surface area contributed by atoms with Gasteiger partial charge in [0.2, 0.25) is 0 Å². The third-order valence-electron chi connectivity index (χ3n) is 3.82. The summed E-state index contributed by atoms with van der Waals surface area (Å²) in [6.45, 7) is 7.37. The number of rotatable bonds is 4. The molecule has 4 heteroatoms. The van der Waals surface area contributed by atoms with E-state index >= 15 is 0 Å². The first-order valence-corrected chi connectivity index (χ1v) is 7.40. The molecule has 0 aromatic carbocycles. The van der Waals surface area contributed by atoms with Gasteiger partial charge in [-0.1, -0.05) is 13.3 Å². The molecule has 0 aliphatic carbocycles. The molecule has 2 atom stereocenters. The largest absolute Gasteiger partial charge is 0.329 e. The van der Waals surface area contributed by atoms with Crippen LogP contribution in [0.15, 0.2) is 6.20 Å². The molecule has 96 valence electrons. The van der Waals surface area contributed by atoms with E-state index in [1.165, 1.54) is 30.7 Å². The van der Waals surface area contributed by atoms with Gasteiger partial charge in [-0.25, -0.2) is 4.98 Å². The first kappa shape index (κ1) is 13.0. The van der Waals surface area contributed by atoms with E-state index in [1.807, 2.05) is 6.20 Å². The molecule has 1 aliphatic heterocycles. The third-order valence-corrected chi connectivity index (χ3v) is 4.72. The van der Waals surface area contributed by atoms with Crippen molar-refractivity contribution in [3.63, 3.8) is 0 Å². The number of hydrogen-bond donors (Lipinski definition) is 1. The van der Waals surface area contributed by atoms with Crippen molar-refractivity contribution in [1.82, 2.24) is 9.88 Å². The minimum atomic E-state index is 0.566. The molecule has 17 heavy (non-hydrogen) atoms. The zero-order chi connectivity index (χ0) is 12.3. The number of likely N-dealkylation sites (tertiary alicyclic amines) is 1. The highest BCUT2D eigenvalue weighted by Gasteiger charge is 2.26. The Kier molecular flexibility index (Phi) is 4.54. The molecular weight excluding hydrogens is 230 g/mol. The molecule has 0 bridgehead atoms. The summed E-state index contributed by atoms with van der Waals surface area (Å²) in [5.41, 5.74) is 5.92. The molecular formula is C13H23N3S. The summed E-state index contributed by atoms with van der Waals surface area (Å²) in [5, 5.41) is 1.16. The predicted octanol–water partition coefficient (Wildman–Crippen LogP) is 2.40. The molecule has 3 nitrogen and oxygen atoms in total. The maximum atomic E-state index is 5.92. The Balaban J connectivity index is 1.95. The first-order chi connectivity index (χ1) is 8.22. The Labute approximate surface area is 108 Å². The lowest BCUT2D eigenvalue weighted by molar-refractivity contribution is 0.108. The molecule has 2 N–H and O–H groups in total. The number of hydrogen-bond acceptors (Lipinski definition) is 4. The standard InChI is InChI=1S/C13H23N3S/c1-3-11-4-5-16(12(6-11)7-14)9-13-8-15-10(2)17-13/h8,11-12H,3-7,9,14H2,1-2H3. The predicted molar refractivity (Wildman–Crippen MR) is 73.1 cm³/mol. The molecule has 0 amide bonds. The van der Waals surface area contributed by atoms with Crippen LogP contribution in [0.2, 0.25) is 0 Å². The van der Waals surface area contributed by atoms with Crippen molar-refractivity contribution in [3.05, 3.63) is 16.1 Å². The van der Waals surface area contributed by atoms with Crippen molar-refractivity contribution in [3.8, 4) is 0 Å². The molecule has 0 saturated carbocycles. The molecule has 1 aromatic heterocycles. The second-order valence-electron chi connectivity index (χ2n) is 5.00. The molecule has 0 spiro atoms. The van der Waals surface area contributed by atoms with Crippen LogP contribution in [0.3, 0.4) is 0 Å². The lowest BCUT2D eigenvalue weighted by Crippen LogP contribution is -2.45. The number of aryl methyl sites for hydroxylation is 1. The van der Waals surface area contributed by atoms with Crippen molar-refractivity contribution < 1.29 is 0 Å². The van der Waals surface area contributed by atoms with Gasteiger partial charge in [0.1, 0.15) is 0 Å². The van der Waals surface area contributed by atoms with E-state index in [0.717, 1.165) is 24.0 Å². The fourth-order valence-corrected chi connectivity index (χ4v) is 3.51. The van der Waals surface area contributed by atoms with Gasteiger partial charge in [-0.05, 0) is 32.2 Å². The summed E-state index contributed by atoms with van der Waals surface area (Å²) >= 11 is 1.81. The van der Waals surface area contributed by atoms with Crippen LogP contribution in [0.25, 0.3) is 0 Å². The highest BCUT2D eigenvalue weighted by molar-refractivity contribution is 7.11. The van der Waals surface area contributed by atoms with Crippen LogP contribution in [0, 0.1) is 12.8 Å². The Hall–Kier alpha value is -0.450. The highest BCUT2D eigenvalue weighted by Crippen LogP contribution is 2.27. The SMILES string of the molecule is CCC1CCN(Cc2cnc(C)s2)C(CN)C1. The second kappa shape index (κ2) is 5.94. The monoisotopic (exact) mass is 253 g/mol. The van der Waals surface area contributed by atoms with E-state index in [0.29, 0.717) is 6.04 Å². The van der Waals surface area contributed by atoms with E-state index in [9.17, 15) is 0 Å². The number of nitrogens with zero attached hydrogens (tertiary/aromatic N) is 2. The average Bonchev–Trinajstić information content (AvgIpc) is 2.75. The van der Waals surface area contributed by atoms with Gasteiger partial charge in [0.15, 0.2) is 0 Å². The third kappa shape index (κ3) is 3.27. The van der Waals surface area contributed by atoms with Crippen LogP contribution in [-0.4, -0.2) is 29.0 Å². The average molecular weight is 253 g/mol. The van der Waals surface area contributed by atoms with Crippen molar-refractivity contribution in [1.29, 1.82) is 0 Å². The topological polar surface area (TPSA) is 42.2 Å². The van der Waals surface area contributed by atoms with Crippen LogP contribution in [-0.2, 0) is 6.54 Å². The molecule has 0 radical (unpaired) electrons. The van der Waals surface area contributed by atoms with Crippen LogP contribution in [0.1, 0.15) is 36.1 Å². The van der Waals surface area contributed by atoms with Crippen molar-refractivity contribution >= 4 is 11.3 Å². The minimum absolute atomic E-state index is 0.566. The molecule has 2 heterocycles. The number of piperidine rings is 1. The molecule has 1 aliphatic rings. The Bertz CT molecular complexity index is 350. The van der Waals surface area contributed by atoms with Crippen LogP contribution < -0.4 is 5.73 Å². The minimum Gasteiger partial charge on any atom is -0.329 e. The Morgan fingerprint density at radius 3 is 3.00 bits per heavy atom. The normalized spacial score (nSPS) is 26.3. The first-order valence-electron chi connectivity index (χ1n) is 6.58. The molecule has 1 aromatic rings. The second-order valence-corrected chi connectivity index (χ2v) is 6.32. The summed E-state index contributed by atoms with van der Waals surface area (Å²) in [6, 6.07) is 0.566. The van der Waals surface area contributed by atoms with Gasteiger partial charge in [-0.3, -0.25) is 4.90 Å². The van der Waals surface area contributed by atoms with E-state index in [4.69, 9.17) is 5.73 Å². The zero-order valence-electron chi connectivity index (χ0n) is 10.9. The summed E-state index contributed by atoms with van der Waals surface area (Å²) in [5.74, 6) is 0.878. The van der Waals surface area contributed by atoms with Crippen LogP contribution in [0.4, 0.5) is 0 Å². The van der Waals surface area contributed by atoms with Gasteiger partial charge in [-0.15, -0.1) is 11.3 Å². The summed E-state index contributed by atoms with van der Waals surface area (Å²) in [6.07, 6.45) is 5.90. The lowest BCUT2D eigenvalue weighted by atomic mass is 9.89. The molecule has 2 unspecified atom stereocenters. The van der Waals surface area contributed by atoms with Crippen LogP contribution in [0.5, 0.6) is 0 Å². The molecule has 1 fully saturated rings.